The van der Waals surface area contributed by atoms with Crippen molar-refractivity contribution in [3.63, 3.8) is 0 Å². The molecule has 1 aromatic carbocycles. The van der Waals surface area contributed by atoms with Crippen molar-refractivity contribution in [2.45, 2.75) is 6.92 Å². The number of primary amides is 1. The number of benzene rings is 1. The molecule has 0 aliphatic heterocycles. The number of nitrogens with two attached hydrogens (primary N) is 1. The molecule has 0 spiro atoms. The molecule has 0 atom stereocenters. The fraction of sp³-hybridized carbons (Fsp3) is 0.333. The summed E-state index contributed by atoms with van der Waals surface area (Å²) in [4.78, 5) is 21.9. The molecule has 0 unspecified atom stereocenters. The highest BCUT2D eigenvalue weighted by atomic mass is 16.5. The third-order valence-corrected chi connectivity index (χ3v) is 2.05. The summed E-state index contributed by atoms with van der Waals surface area (Å²) in [5.41, 5.74) is 5.63. The first-order chi connectivity index (χ1) is 8.61. The first-order valence-electron chi connectivity index (χ1n) is 5.63. The maximum Gasteiger partial charge on any atom is 0.255 e. The minimum absolute atomic E-state index is 0.109. The zero-order valence-electron chi connectivity index (χ0n) is 10.2. The van der Waals surface area contributed by atoms with Gasteiger partial charge in [-0.1, -0.05) is 6.92 Å². The summed E-state index contributed by atoms with van der Waals surface area (Å²) < 4.78 is 5.09. The van der Waals surface area contributed by atoms with Crippen LogP contribution in [0.1, 0.15) is 6.92 Å². The van der Waals surface area contributed by atoms with Crippen LogP contribution in [0.2, 0.25) is 0 Å². The van der Waals surface area contributed by atoms with Crippen molar-refractivity contribution in [1.82, 2.24) is 5.32 Å². The number of likely N-dealkylation sites (N-methyl/N-ethyl adjacent to an activating group) is 1. The van der Waals surface area contributed by atoms with E-state index in [9.17, 15) is 9.59 Å². The molecule has 2 amide bonds. The fourth-order valence-electron chi connectivity index (χ4n) is 1.23. The monoisotopic (exact) mass is 251 g/mol. The lowest BCUT2D eigenvalue weighted by molar-refractivity contribution is -0.120. The zero-order chi connectivity index (χ0) is 13.4. The van der Waals surface area contributed by atoms with E-state index in [2.05, 4.69) is 10.6 Å². The smallest absolute Gasteiger partial charge is 0.255 e. The van der Waals surface area contributed by atoms with Crippen LogP contribution >= 0.6 is 0 Å². The molecule has 0 aliphatic rings. The zero-order valence-corrected chi connectivity index (χ0v) is 10.2. The van der Waals surface area contributed by atoms with E-state index in [1.165, 1.54) is 0 Å². The Morgan fingerprint density at radius 2 is 1.94 bits per heavy atom. The number of amides is 2. The van der Waals surface area contributed by atoms with E-state index in [1.807, 2.05) is 6.92 Å². The predicted molar refractivity (Wildman–Crippen MR) is 68.3 cm³/mol. The van der Waals surface area contributed by atoms with Gasteiger partial charge in [0.2, 0.25) is 5.91 Å². The molecular weight excluding hydrogens is 234 g/mol. The summed E-state index contributed by atoms with van der Waals surface area (Å²) in [5.74, 6) is -0.112. The molecule has 0 aliphatic carbocycles. The second-order valence-corrected chi connectivity index (χ2v) is 3.61. The summed E-state index contributed by atoms with van der Waals surface area (Å²) in [5, 5.41) is 5.64. The Morgan fingerprint density at radius 3 is 2.50 bits per heavy atom. The van der Waals surface area contributed by atoms with Crippen LogP contribution in [0.5, 0.6) is 5.75 Å². The highest BCUT2D eigenvalue weighted by molar-refractivity contribution is 5.92. The highest BCUT2D eigenvalue weighted by Crippen LogP contribution is 2.15. The van der Waals surface area contributed by atoms with Gasteiger partial charge < -0.3 is 21.1 Å². The van der Waals surface area contributed by atoms with Gasteiger partial charge in [-0.05, 0) is 30.8 Å². The van der Waals surface area contributed by atoms with Gasteiger partial charge in [0.1, 0.15) is 5.75 Å². The second-order valence-electron chi connectivity index (χ2n) is 3.61. The van der Waals surface area contributed by atoms with Crippen molar-refractivity contribution in [2.24, 2.45) is 5.73 Å². The standard InChI is InChI=1S/C12H17N3O3/c1-2-14-7-12(17)15-9-3-5-10(6-4-9)18-8-11(13)16/h3-6,14H,2,7-8H2,1H3,(H2,13,16)(H,15,17). The number of hydrogen-bond acceptors (Lipinski definition) is 4. The van der Waals surface area contributed by atoms with Gasteiger partial charge in [-0.25, -0.2) is 0 Å². The third kappa shape index (κ3) is 5.31. The molecule has 1 rings (SSSR count). The largest absolute Gasteiger partial charge is 0.484 e. The highest BCUT2D eigenvalue weighted by Gasteiger charge is 2.02. The van der Waals surface area contributed by atoms with E-state index in [0.717, 1.165) is 6.54 Å². The number of nitrogens with one attached hydrogen (secondary N) is 2. The van der Waals surface area contributed by atoms with Crippen LogP contribution in [0.3, 0.4) is 0 Å². The number of hydrogen-bond donors (Lipinski definition) is 3. The molecule has 98 valence electrons. The van der Waals surface area contributed by atoms with E-state index in [0.29, 0.717) is 11.4 Å². The van der Waals surface area contributed by atoms with E-state index in [1.54, 1.807) is 24.3 Å². The summed E-state index contributed by atoms with van der Waals surface area (Å²) in [6.07, 6.45) is 0. The van der Waals surface area contributed by atoms with Gasteiger partial charge in [-0.3, -0.25) is 9.59 Å². The van der Waals surface area contributed by atoms with E-state index >= 15 is 0 Å². The molecular formula is C12H17N3O3. The molecule has 6 nitrogen and oxygen atoms in total. The molecule has 0 fully saturated rings. The predicted octanol–water partition coefficient (Wildman–Crippen LogP) is 0.0987. The first kappa shape index (κ1) is 14.0. The average Bonchev–Trinajstić information content (AvgIpc) is 2.35. The Kier molecular flexibility index (Phi) is 5.66. The Balaban J connectivity index is 2.44. The van der Waals surface area contributed by atoms with Gasteiger partial charge in [0, 0.05) is 5.69 Å². The molecule has 1 aromatic rings. The first-order valence-corrected chi connectivity index (χ1v) is 5.63. The summed E-state index contributed by atoms with van der Waals surface area (Å²) >= 11 is 0. The quantitative estimate of drug-likeness (QED) is 0.640. The lowest BCUT2D eigenvalue weighted by Gasteiger charge is -2.07. The van der Waals surface area contributed by atoms with Crippen LogP contribution in [-0.4, -0.2) is 31.5 Å². The summed E-state index contributed by atoms with van der Waals surface area (Å²) in [7, 11) is 0. The minimum Gasteiger partial charge on any atom is -0.484 e. The fourth-order valence-corrected chi connectivity index (χ4v) is 1.23. The maximum absolute atomic E-state index is 11.4. The van der Waals surface area contributed by atoms with Crippen LogP contribution in [0, 0.1) is 0 Å². The Hall–Kier alpha value is -2.08. The lowest BCUT2D eigenvalue weighted by Crippen LogP contribution is -2.27. The molecule has 0 bridgehead atoms. The topological polar surface area (TPSA) is 93.4 Å². The van der Waals surface area contributed by atoms with Gasteiger partial charge in [0.05, 0.1) is 6.54 Å². The molecule has 0 saturated carbocycles. The SMILES string of the molecule is CCNCC(=O)Nc1ccc(OCC(N)=O)cc1. The molecule has 6 heteroatoms. The van der Waals surface area contributed by atoms with Crippen molar-refractivity contribution in [3.8, 4) is 5.75 Å². The van der Waals surface area contributed by atoms with Gasteiger partial charge in [0.15, 0.2) is 6.61 Å². The second kappa shape index (κ2) is 7.29. The Labute approximate surface area is 105 Å². The maximum atomic E-state index is 11.4. The molecule has 18 heavy (non-hydrogen) atoms. The Morgan fingerprint density at radius 1 is 1.28 bits per heavy atom. The van der Waals surface area contributed by atoms with Gasteiger partial charge in [-0.15, -0.1) is 0 Å². The number of anilines is 1. The Bertz CT molecular complexity index is 404. The molecule has 0 saturated heterocycles. The van der Waals surface area contributed by atoms with Crippen molar-refractivity contribution >= 4 is 17.5 Å². The number of carbonyl (C=O) groups excluding carboxylic acids is 2. The number of ether oxygens (including phenoxy) is 1. The molecule has 0 heterocycles. The third-order valence-electron chi connectivity index (χ3n) is 2.05. The van der Waals surface area contributed by atoms with Crippen molar-refractivity contribution < 1.29 is 14.3 Å². The van der Waals surface area contributed by atoms with Crippen molar-refractivity contribution in [2.75, 3.05) is 25.0 Å². The molecule has 0 aromatic heterocycles. The van der Waals surface area contributed by atoms with Crippen LogP contribution in [0.25, 0.3) is 0 Å². The minimum atomic E-state index is -0.530. The summed E-state index contributed by atoms with van der Waals surface area (Å²) in [6, 6.07) is 6.71. The summed E-state index contributed by atoms with van der Waals surface area (Å²) in [6.45, 7) is 2.79. The average molecular weight is 251 g/mol. The van der Waals surface area contributed by atoms with Gasteiger partial charge in [0.25, 0.3) is 5.91 Å². The van der Waals surface area contributed by atoms with E-state index in [4.69, 9.17) is 10.5 Å². The van der Waals surface area contributed by atoms with Crippen LogP contribution in [0.15, 0.2) is 24.3 Å². The van der Waals surface area contributed by atoms with Crippen LogP contribution in [0.4, 0.5) is 5.69 Å². The lowest BCUT2D eigenvalue weighted by atomic mass is 10.3. The van der Waals surface area contributed by atoms with Crippen LogP contribution in [-0.2, 0) is 9.59 Å². The van der Waals surface area contributed by atoms with E-state index in [-0.39, 0.29) is 19.1 Å². The van der Waals surface area contributed by atoms with Crippen LogP contribution < -0.4 is 21.1 Å². The number of carbonyl (C=O) groups is 2. The molecule has 4 N–H and O–H groups in total. The molecule has 0 radical (unpaired) electrons. The van der Waals surface area contributed by atoms with E-state index < -0.39 is 5.91 Å². The normalized spacial score (nSPS) is 9.83. The number of rotatable bonds is 7. The van der Waals surface area contributed by atoms with Gasteiger partial charge in [-0.2, -0.15) is 0 Å². The van der Waals surface area contributed by atoms with Gasteiger partial charge >= 0.3 is 0 Å². The van der Waals surface area contributed by atoms with Crippen molar-refractivity contribution in [1.29, 1.82) is 0 Å². The van der Waals surface area contributed by atoms with Crippen molar-refractivity contribution in [3.05, 3.63) is 24.3 Å².